The number of anilines is 2. The van der Waals surface area contributed by atoms with E-state index in [4.69, 9.17) is 0 Å². The summed E-state index contributed by atoms with van der Waals surface area (Å²) in [5.41, 5.74) is 0.987. The van der Waals surface area contributed by atoms with Crippen molar-refractivity contribution in [3.63, 3.8) is 0 Å². The summed E-state index contributed by atoms with van der Waals surface area (Å²) in [5, 5.41) is 7.10. The molecule has 5 heteroatoms. The van der Waals surface area contributed by atoms with Gasteiger partial charge in [0.15, 0.2) is 0 Å². The highest BCUT2D eigenvalue weighted by Gasteiger charge is 2.15. The number of hydrogen-bond acceptors (Lipinski definition) is 5. The van der Waals surface area contributed by atoms with E-state index in [0.717, 1.165) is 23.3 Å². The smallest absolute Gasteiger partial charge is 0.224 e. The van der Waals surface area contributed by atoms with Gasteiger partial charge in [-0.2, -0.15) is 16.7 Å². The summed E-state index contributed by atoms with van der Waals surface area (Å²) >= 11 is 2.05. The van der Waals surface area contributed by atoms with Gasteiger partial charge in [-0.15, -0.1) is 0 Å². The largest absolute Gasteiger partial charge is 0.369 e. The minimum Gasteiger partial charge on any atom is -0.369 e. The molecule has 1 atom stereocenters. The number of thioether (sulfide) groups is 1. The molecule has 1 aromatic heterocycles. The van der Waals surface area contributed by atoms with Crippen LogP contribution in [0.1, 0.15) is 18.5 Å². The number of aryl methyl sites for hydroxylation is 1. The topological polar surface area (TPSA) is 49.8 Å². The van der Waals surface area contributed by atoms with Crippen molar-refractivity contribution in [2.75, 3.05) is 30.0 Å². The van der Waals surface area contributed by atoms with E-state index in [-0.39, 0.29) is 0 Å². The van der Waals surface area contributed by atoms with Crippen molar-refractivity contribution < 1.29 is 0 Å². The maximum Gasteiger partial charge on any atom is 0.224 e. The molecule has 0 aromatic carbocycles. The van der Waals surface area contributed by atoms with Crippen LogP contribution in [0.15, 0.2) is 6.07 Å². The molecule has 0 saturated carbocycles. The van der Waals surface area contributed by atoms with E-state index in [1.807, 2.05) is 20.0 Å². The lowest BCUT2D eigenvalue weighted by atomic mass is 10.2. The zero-order chi connectivity index (χ0) is 11.4. The van der Waals surface area contributed by atoms with Gasteiger partial charge in [0, 0.05) is 30.6 Å². The summed E-state index contributed by atoms with van der Waals surface area (Å²) in [7, 11) is 1.84. The van der Waals surface area contributed by atoms with E-state index < -0.39 is 0 Å². The molecule has 1 aromatic rings. The highest BCUT2D eigenvalue weighted by atomic mass is 32.2. The van der Waals surface area contributed by atoms with Gasteiger partial charge in [-0.25, -0.2) is 4.98 Å². The molecule has 1 aliphatic heterocycles. The standard InChI is InChI=1S/C11H18N4S/c1-8-6-10(15-11(12-2)14-8)13-7-9-4-3-5-16-9/h6,9H,3-5,7H2,1-2H3,(H2,12,13,14,15). The third-order valence-electron chi connectivity index (χ3n) is 2.61. The quantitative estimate of drug-likeness (QED) is 0.841. The van der Waals surface area contributed by atoms with Crippen molar-refractivity contribution in [2.45, 2.75) is 25.0 Å². The van der Waals surface area contributed by atoms with Crippen molar-refractivity contribution in [1.82, 2.24) is 9.97 Å². The number of aromatic nitrogens is 2. The van der Waals surface area contributed by atoms with Gasteiger partial charge in [0.25, 0.3) is 0 Å². The Balaban J connectivity index is 1.94. The number of nitrogens with one attached hydrogen (secondary N) is 2. The zero-order valence-corrected chi connectivity index (χ0v) is 10.6. The molecule has 1 saturated heterocycles. The highest BCUT2D eigenvalue weighted by Crippen LogP contribution is 2.26. The molecular formula is C11H18N4S. The number of rotatable bonds is 4. The van der Waals surface area contributed by atoms with Gasteiger partial charge < -0.3 is 10.6 Å². The van der Waals surface area contributed by atoms with Crippen LogP contribution < -0.4 is 10.6 Å². The molecule has 0 bridgehead atoms. The molecule has 2 N–H and O–H groups in total. The van der Waals surface area contributed by atoms with Crippen LogP contribution in [-0.2, 0) is 0 Å². The molecule has 1 fully saturated rings. The van der Waals surface area contributed by atoms with E-state index in [1.54, 1.807) is 0 Å². The molecule has 0 aliphatic carbocycles. The third-order valence-corrected chi connectivity index (χ3v) is 4.01. The first-order valence-corrected chi connectivity index (χ1v) is 6.71. The summed E-state index contributed by atoms with van der Waals surface area (Å²) in [5.74, 6) is 2.91. The Morgan fingerprint density at radius 3 is 3.06 bits per heavy atom. The van der Waals surface area contributed by atoms with E-state index in [2.05, 4.69) is 32.4 Å². The van der Waals surface area contributed by atoms with E-state index in [9.17, 15) is 0 Å². The summed E-state index contributed by atoms with van der Waals surface area (Å²) in [6.07, 6.45) is 2.67. The second-order valence-corrected chi connectivity index (χ2v) is 5.39. The average molecular weight is 238 g/mol. The van der Waals surface area contributed by atoms with Crippen molar-refractivity contribution in [2.24, 2.45) is 0 Å². The number of hydrogen-bond donors (Lipinski definition) is 2. The Kier molecular flexibility index (Phi) is 3.88. The van der Waals surface area contributed by atoms with Crippen LogP contribution in [0.2, 0.25) is 0 Å². The SMILES string of the molecule is CNc1nc(C)cc(NCC2CCCS2)n1. The summed E-state index contributed by atoms with van der Waals surface area (Å²) in [6, 6.07) is 1.99. The predicted octanol–water partition coefficient (Wildman–Crippen LogP) is 2.13. The molecule has 1 unspecified atom stereocenters. The maximum atomic E-state index is 4.37. The Labute approximate surface area is 101 Å². The molecule has 88 valence electrons. The molecule has 2 rings (SSSR count). The summed E-state index contributed by atoms with van der Waals surface area (Å²) in [6.45, 7) is 2.99. The van der Waals surface area contributed by atoms with E-state index in [0.29, 0.717) is 5.95 Å². The van der Waals surface area contributed by atoms with Crippen LogP contribution >= 0.6 is 11.8 Å². The van der Waals surface area contributed by atoms with E-state index >= 15 is 0 Å². The van der Waals surface area contributed by atoms with Gasteiger partial charge in [-0.05, 0) is 25.5 Å². The second-order valence-electron chi connectivity index (χ2n) is 3.98. The van der Waals surface area contributed by atoms with Crippen LogP contribution in [-0.4, -0.2) is 34.6 Å². The lowest BCUT2D eigenvalue weighted by Gasteiger charge is -2.11. The first kappa shape index (κ1) is 11.5. The first-order chi connectivity index (χ1) is 7.78. The number of nitrogens with zero attached hydrogens (tertiary/aromatic N) is 2. The fourth-order valence-corrected chi connectivity index (χ4v) is 3.00. The monoisotopic (exact) mass is 238 g/mol. The van der Waals surface area contributed by atoms with Crippen molar-refractivity contribution >= 4 is 23.5 Å². The molecule has 0 amide bonds. The molecule has 16 heavy (non-hydrogen) atoms. The summed E-state index contributed by atoms with van der Waals surface area (Å²) in [4.78, 5) is 8.64. The molecule has 1 aliphatic rings. The van der Waals surface area contributed by atoms with Gasteiger partial charge in [0.1, 0.15) is 5.82 Å². The predicted molar refractivity (Wildman–Crippen MR) is 70.3 cm³/mol. The summed E-state index contributed by atoms with van der Waals surface area (Å²) < 4.78 is 0. The van der Waals surface area contributed by atoms with E-state index in [1.165, 1.54) is 18.6 Å². The first-order valence-electron chi connectivity index (χ1n) is 5.67. The Morgan fingerprint density at radius 2 is 2.38 bits per heavy atom. The second kappa shape index (κ2) is 5.39. The molecule has 2 heterocycles. The van der Waals surface area contributed by atoms with Gasteiger partial charge in [0.05, 0.1) is 0 Å². The normalized spacial score (nSPS) is 19.8. The lowest BCUT2D eigenvalue weighted by Crippen LogP contribution is -2.15. The van der Waals surface area contributed by atoms with Crippen molar-refractivity contribution in [3.05, 3.63) is 11.8 Å². The minimum absolute atomic E-state index is 0.682. The van der Waals surface area contributed by atoms with Gasteiger partial charge >= 0.3 is 0 Å². The molecular weight excluding hydrogens is 220 g/mol. The van der Waals surface area contributed by atoms with Crippen molar-refractivity contribution in [1.29, 1.82) is 0 Å². The van der Waals surface area contributed by atoms with Gasteiger partial charge in [0.2, 0.25) is 5.95 Å². The lowest BCUT2D eigenvalue weighted by molar-refractivity contribution is 0.803. The van der Waals surface area contributed by atoms with Gasteiger partial charge in [-0.1, -0.05) is 0 Å². The Hall–Kier alpha value is -0.970. The molecule has 0 spiro atoms. The fourth-order valence-electron chi connectivity index (χ4n) is 1.79. The Morgan fingerprint density at radius 1 is 1.50 bits per heavy atom. The van der Waals surface area contributed by atoms with Crippen LogP contribution in [0.25, 0.3) is 0 Å². The Bertz CT molecular complexity index is 350. The molecule has 4 nitrogen and oxygen atoms in total. The molecule has 0 radical (unpaired) electrons. The highest BCUT2D eigenvalue weighted by molar-refractivity contribution is 8.00. The third kappa shape index (κ3) is 3.01. The van der Waals surface area contributed by atoms with Gasteiger partial charge in [-0.3, -0.25) is 0 Å². The van der Waals surface area contributed by atoms with Crippen molar-refractivity contribution in [3.8, 4) is 0 Å². The average Bonchev–Trinajstić information content (AvgIpc) is 2.78. The van der Waals surface area contributed by atoms with Crippen LogP contribution in [0.3, 0.4) is 0 Å². The maximum absolute atomic E-state index is 4.37. The van der Waals surface area contributed by atoms with Crippen LogP contribution in [0.5, 0.6) is 0 Å². The van der Waals surface area contributed by atoms with Crippen LogP contribution in [0.4, 0.5) is 11.8 Å². The zero-order valence-electron chi connectivity index (χ0n) is 9.79. The minimum atomic E-state index is 0.682. The fraction of sp³-hybridized carbons (Fsp3) is 0.636. The van der Waals surface area contributed by atoms with Crippen LogP contribution in [0, 0.1) is 6.92 Å².